The van der Waals surface area contributed by atoms with Crippen LogP contribution in [0.2, 0.25) is 5.15 Å². The van der Waals surface area contributed by atoms with Crippen molar-refractivity contribution in [3.05, 3.63) is 41.0 Å². The minimum absolute atomic E-state index is 0.191. The first-order valence-electron chi connectivity index (χ1n) is 5.52. The Morgan fingerprint density at radius 1 is 1.37 bits per heavy atom. The number of nitrogens with zero attached hydrogens (tertiary/aromatic N) is 1. The fourth-order valence-electron chi connectivity index (χ4n) is 1.65. The molecule has 1 amide bonds. The molecule has 19 heavy (non-hydrogen) atoms. The van der Waals surface area contributed by atoms with Gasteiger partial charge < -0.3 is 10.1 Å². The minimum atomic E-state index is -0.516. The fraction of sp³-hybridized carbons (Fsp3) is 0.154. The summed E-state index contributed by atoms with van der Waals surface area (Å²) in [4.78, 5) is 27.2. The number of rotatable bonds is 3. The number of para-hydroxylation sites is 1. The number of ether oxygens (including phenoxy) is 1. The van der Waals surface area contributed by atoms with Crippen molar-refractivity contribution < 1.29 is 14.3 Å². The highest BCUT2D eigenvalue weighted by Crippen LogP contribution is 2.20. The van der Waals surface area contributed by atoms with Crippen molar-refractivity contribution in [3.63, 3.8) is 0 Å². The summed E-state index contributed by atoms with van der Waals surface area (Å²) in [6, 6.07) is 8.61. The number of methoxy groups -OCH3 is 1. The van der Waals surface area contributed by atoms with Crippen molar-refractivity contribution in [1.82, 2.24) is 10.3 Å². The normalized spacial score (nSPS) is 10.2. The van der Waals surface area contributed by atoms with E-state index in [4.69, 9.17) is 11.6 Å². The van der Waals surface area contributed by atoms with Crippen molar-refractivity contribution in [2.75, 3.05) is 13.7 Å². The Morgan fingerprint density at radius 3 is 2.84 bits per heavy atom. The van der Waals surface area contributed by atoms with Gasteiger partial charge >= 0.3 is 5.97 Å². The van der Waals surface area contributed by atoms with Crippen LogP contribution in [0.15, 0.2) is 30.3 Å². The van der Waals surface area contributed by atoms with E-state index in [-0.39, 0.29) is 11.7 Å². The fourth-order valence-corrected chi connectivity index (χ4v) is 1.85. The summed E-state index contributed by atoms with van der Waals surface area (Å²) >= 11 is 5.88. The molecule has 0 aliphatic heterocycles. The zero-order valence-corrected chi connectivity index (χ0v) is 10.9. The number of carbonyl (C=O) groups is 2. The molecule has 0 radical (unpaired) electrons. The number of nitrogens with one attached hydrogen (secondary N) is 1. The van der Waals surface area contributed by atoms with E-state index in [1.807, 2.05) is 6.07 Å². The highest BCUT2D eigenvalue weighted by Gasteiger charge is 2.13. The maximum Gasteiger partial charge on any atom is 0.325 e. The van der Waals surface area contributed by atoms with Gasteiger partial charge in [-0.2, -0.15) is 0 Å². The molecule has 1 aromatic carbocycles. The van der Waals surface area contributed by atoms with E-state index in [1.54, 1.807) is 18.2 Å². The molecule has 2 rings (SSSR count). The molecule has 98 valence electrons. The van der Waals surface area contributed by atoms with Gasteiger partial charge in [0, 0.05) is 5.39 Å². The Bertz CT molecular complexity index is 643. The quantitative estimate of drug-likeness (QED) is 0.686. The number of carbonyl (C=O) groups excluding carboxylic acids is 2. The van der Waals surface area contributed by atoms with E-state index in [0.29, 0.717) is 16.5 Å². The number of hydrogen-bond donors (Lipinski definition) is 1. The zero-order valence-electron chi connectivity index (χ0n) is 10.1. The number of hydrogen-bond acceptors (Lipinski definition) is 4. The van der Waals surface area contributed by atoms with Crippen molar-refractivity contribution in [1.29, 1.82) is 0 Å². The molecule has 0 aliphatic rings. The lowest BCUT2D eigenvalue weighted by atomic mass is 10.1. The molecule has 0 bridgehead atoms. The number of benzene rings is 1. The molecule has 1 aromatic heterocycles. The molecule has 0 saturated heterocycles. The second kappa shape index (κ2) is 5.67. The lowest BCUT2D eigenvalue weighted by molar-refractivity contribution is -0.139. The predicted molar refractivity (Wildman–Crippen MR) is 71.1 cm³/mol. The molecule has 5 nitrogen and oxygen atoms in total. The molecule has 0 unspecified atom stereocenters. The van der Waals surface area contributed by atoms with Crippen LogP contribution < -0.4 is 5.32 Å². The molecule has 0 spiro atoms. The Labute approximate surface area is 114 Å². The maximum atomic E-state index is 12.0. The molecule has 2 aromatic rings. The summed E-state index contributed by atoms with van der Waals surface area (Å²) in [6.45, 7) is -0.191. The van der Waals surface area contributed by atoms with Crippen molar-refractivity contribution >= 4 is 34.4 Å². The molecule has 0 aliphatic carbocycles. The number of esters is 1. The monoisotopic (exact) mass is 278 g/mol. The molecular formula is C13H11ClN2O3. The smallest absolute Gasteiger partial charge is 0.325 e. The number of aromatic nitrogens is 1. The van der Waals surface area contributed by atoms with Crippen LogP contribution in [0.4, 0.5) is 0 Å². The third kappa shape index (κ3) is 3.00. The summed E-state index contributed by atoms with van der Waals surface area (Å²) in [7, 11) is 1.26. The van der Waals surface area contributed by atoms with Gasteiger partial charge in [-0.05, 0) is 12.1 Å². The summed E-state index contributed by atoms with van der Waals surface area (Å²) in [5, 5.41) is 3.37. The second-order valence-electron chi connectivity index (χ2n) is 3.77. The van der Waals surface area contributed by atoms with E-state index < -0.39 is 11.9 Å². The zero-order chi connectivity index (χ0) is 13.8. The third-order valence-electron chi connectivity index (χ3n) is 2.55. The second-order valence-corrected chi connectivity index (χ2v) is 4.16. The van der Waals surface area contributed by atoms with Crippen LogP contribution in [0.5, 0.6) is 0 Å². The molecule has 1 heterocycles. The highest BCUT2D eigenvalue weighted by atomic mass is 35.5. The van der Waals surface area contributed by atoms with Crippen LogP contribution in [0.3, 0.4) is 0 Å². The van der Waals surface area contributed by atoms with Gasteiger partial charge in [-0.15, -0.1) is 0 Å². The summed E-state index contributed by atoms with van der Waals surface area (Å²) in [6.07, 6.45) is 0. The van der Waals surface area contributed by atoms with Crippen LogP contribution in [0.25, 0.3) is 10.9 Å². The standard InChI is InChI=1S/C13H11ClN2O3/c1-19-12(17)7-15-13(18)9-6-11(14)16-10-5-3-2-4-8(9)10/h2-6H,7H2,1H3,(H,15,18). The van der Waals surface area contributed by atoms with E-state index in [2.05, 4.69) is 15.0 Å². The van der Waals surface area contributed by atoms with Gasteiger partial charge in [-0.1, -0.05) is 29.8 Å². The van der Waals surface area contributed by atoms with Crippen molar-refractivity contribution in [2.24, 2.45) is 0 Å². The molecular weight excluding hydrogens is 268 g/mol. The number of fused-ring (bicyclic) bond motifs is 1. The van der Waals surface area contributed by atoms with Gasteiger partial charge in [-0.3, -0.25) is 9.59 Å². The van der Waals surface area contributed by atoms with Gasteiger partial charge in [0.15, 0.2) is 0 Å². The first kappa shape index (κ1) is 13.3. The van der Waals surface area contributed by atoms with Crippen LogP contribution in [-0.2, 0) is 9.53 Å². The Hall–Kier alpha value is -2.14. The van der Waals surface area contributed by atoms with Gasteiger partial charge in [-0.25, -0.2) is 4.98 Å². The van der Waals surface area contributed by atoms with E-state index in [9.17, 15) is 9.59 Å². The van der Waals surface area contributed by atoms with Gasteiger partial charge in [0.2, 0.25) is 0 Å². The summed E-state index contributed by atoms with van der Waals surface area (Å²) in [5.74, 6) is -0.913. The van der Waals surface area contributed by atoms with Crippen molar-refractivity contribution in [3.8, 4) is 0 Å². The van der Waals surface area contributed by atoms with Crippen LogP contribution in [0.1, 0.15) is 10.4 Å². The molecule has 6 heteroatoms. The topological polar surface area (TPSA) is 68.3 Å². The molecule has 1 N–H and O–H groups in total. The average molecular weight is 279 g/mol. The third-order valence-corrected chi connectivity index (χ3v) is 2.74. The average Bonchev–Trinajstić information content (AvgIpc) is 2.43. The minimum Gasteiger partial charge on any atom is -0.468 e. The van der Waals surface area contributed by atoms with E-state index in [1.165, 1.54) is 13.2 Å². The number of pyridine rings is 1. The SMILES string of the molecule is COC(=O)CNC(=O)c1cc(Cl)nc2ccccc12. The highest BCUT2D eigenvalue weighted by molar-refractivity contribution is 6.30. The molecule has 0 atom stereocenters. The van der Waals surface area contributed by atoms with E-state index in [0.717, 1.165) is 0 Å². The van der Waals surface area contributed by atoms with Gasteiger partial charge in [0.1, 0.15) is 11.7 Å². The lowest BCUT2D eigenvalue weighted by Gasteiger charge is -2.07. The van der Waals surface area contributed by atoms with E-state index >= 15 is 0 Å². The lowest BCUT2D eigenvalue weighted by Crippen LogP contribution is -2.30. The number of halogens is 1. The van der Waals surface area contributed by atoms with Crippen molar-refractivity contribution in [2.45, 2.75) is 0 Å². The summed E-state index contributed by atoms with van der Waals surface area (Å²) in [5.41, 5.74) is 0.998. The Kier molecular flexibility index (Phi) is 3.97. The van der Waals surface area contributed by atoms with Crippen LogP contribution in [-0.4, -0.2) is 30.5 Å². The maximum absolute atomic E-state index is 12.0. The summed E-state index contributed by atoms with van der Waals surface area (Å²) < 4.78 is 4.46. The predicted octanol–water partition coefficient (Wildman–Crippen LogP) is 1.79. The van der Waals surface area contributed by atoms with Crippen LogP contribution in [0, 0.1) is 0 Å². The number of amides is 1. The first-order chi connectivity index (χ1) is 9.11. The molecule has 0 saturated carbocycles. The van der Waals surface area contributed by atoms with Gasteiger partial charge in [0.25, 0.3) is 5.91 Å². The Morgan fingerprint density at radius 2 is 2.11 bits per heavy atom. The molecule has 0 fully saturated rings. The van der Waals surface area contributed by atoms with Gasteiger partial charge in [0.05, 0.1) is 18.2 Å². The largest absolute Gasteiger partial charge is 0.468 e. The Balaban J connectivity index is 2.33. The van der Waals surface area contributed by atoms with Crippen LogP contribution >= 0.6 is 11.6 Å². The first-order valence-corrected chi connectivity index (χ1v) is 5.90.